The molecule has 9 heteroatoms. The highest BCUT2D eigenvalue weighted by atomic mass is 19.4. The van der Waals surface area contributed by atoms with Gasteiger partial charge in [-0.2, -0.15) is 18.3 Å². The summed E-state index contributed by atoms with van der Waals surface area (Å²) in [4.78, 5) is 14.3. The van der Waals surface area contributed by atoms with Gasteiger partial charge in [-0.1, -0.05) is 12.5 Å². The molecule has 124 valence electrons. The number of amidine groups is 1. The quantitative estimate of drug-likeness (QED) is 0.524. The lowest BCUT2D eigenvalue weighted by Crippen LogP contribution is -2.18. The van der Waals surface area contributed by atoms with Gasteiger partial charge in [0.05, 0.1) is 22.3 Å². The van der Waals surface area contributed by atoms with Gasteiger partial charge in [-0.15, -0.1) is 0 Å². The van der Waals surface area contributed by atoms with E-state index in [2.05, 4.69) is 15.5 Å². The minimum Gasteiger partial charge on any atom is -0.271 e. The number of hydrogen-bond donors (Lipinski definition) is 1. The molecule has 1 aromatic carbocycles. The molecule has 23 heavy (non-hydrogen) atoms. The number of aliphatic imine (C=N–C) groups is 1. The van der Waals surface area contributed by atoms with Gasteiger partial charge in [0.1, 0.15) is 5.84 Å². The molecule has 1 aromatic rings. The molecular weight excluding hydrogens is 313 g/mol. The van der Waals surface area contributed by atoms with E-state index in [1.165, 1.54) is 0 Å². The zero-order valence-electron chi connectivity index (χ0n) is 12.1. The molecule has 2 rings (SSSR count). The Morgan fingerprint density at radius 1 is 1.30 bits per heavy atom. The van der Waals surface area contributed by atoms with Crippen molar-refractivity contribution in [3.05, 3.63) is 39.4 Å². The van der Waals surface area contributed by atoms with Crippen molar-refractivity contribution in [3.8, 4) is 0 Å². The van der Waals surface area contributed by atoms with Crippen LogP contribution in [-0.2, 0) is 6.18 Å². The summed E-state index contributed by atoms with van der Waals surface area (Å²) in [5.41, 5.74) is 0.265. The van der Waals surface area contributed by atoms with Gasteiger partial charge >= 0.3 is 6.18 Å². The van der Waals surface area contributed by atoms with Gasteiger partial charge in [-0.25, -0.2) is 0 Å². The summed E-state index contributed by atoms with van der Waals surface area (Å²) in [6.07, 6.45) is -0.319. The zero-order valence-corrected chi connectivity index (χ0v) is 12.1. The fourth-order valence-corrected chi connectivity index (χ4v) is 2.23. The van der Waals surface area contributed by atoms with E-state index < -0.39 is 27.9 Å². The van der Waals surface area contributed by atoms with E-state index in [-0.39, 0.29) is 0 Å². The molecule has 0 aromatic heterocycles. The molecule has 6 nitrogen and oxygen atoms in total. The largest absolute Gasteiger partial charge is 0.417 e. The van der Waals surface area contributed by atoms with Crippen LogP contribution >= 0.6 is 0 Å². The predicted octanol–water partition coefficient (Wildman–Crippen LogP) is 3.51. The average molecular weight is 328 g/mol. The highest BCUT2D eigenvalue weighted by Gasteiger charge is 2.36. The molecule has 0 spiro atoms. The molecule has 0 amide bonds. The number of hydrogen-bond acceptors (Lipinski definition) is 5. The smallest absolute Gasteiger partial charge is 0.271 e. The van der Waals surface area contributed by atoms with Crippen LogP contribution in [0.15, 0.2) is 28.3 Å². The molecule has 1 N–H and O–H groups in total. The molecule has 1 heterocycles. The third kappa shape index (κ3) is 4.51. The topological polar surface area (TPSA) is 79.9 Å². The van der Waals surface area contributed by atoms with E-state index >= 15 is 0 Å². The number of benzene rings is 1. The van der Waals surface area contributed by atoms with Crippen molar-refractivity contribution < 1.29 is 18.1 Å². The highest BCUT2D eigenvalue weighted by molar-refractivity contribution is 5.89. The standard InChI is InChI=1S/C14H15F3N4O2/c15-14(16,17)11-5-4-6-12(21(22)23)10(11)9-19-20-13-7-2-1-3-8-18-13/h4-6,9H,1-3,7-8H2,(H,18,20)/b19-9-. The molecule has 0 saturated heterocycles. The van der Waals surface area contributed by atoms with E-state index in [1.54, 1.807) is 0 Å². The van der Waals surface area contributed by atoms with Gasteiger partial charge in [0, 0.05) is 19.0 Å². The minimum atomic E-state index is -4.70. The summed E-state index contributed by atoms with van der Waals surface area (Å²) in [5.74, 6) is 0.575. The molecule has 0 fully saturated rings. The second-order valence-electron chi connectivity index (χ2n) is 5.00. The lowest BCUT2D eigenvalue weighted by atomic mass is 10.1. The maximum Gasteiger partial charge on any atom is 0.417 e. The highest BCUT2D eigenvalue weighted by Crippen LogP contribution is 2.34. The summed E-state index contributed by atoms with van der Waals surface area (Å²) >= 11 is 0. The van der Waals surface area contributed by atoms with Gasteiger partial charge in [0.15, 0.2) is 0 Å². The maximum absolute atomic E-state index is 13.0. The molecule has 0 bridgehead atoms. The van der Waals surface area contributed by atoms with Gasteiger partial charge in [0.25, 0.3) is 5.69 Å². The zero-order chi connectivity index (χ0) is 16.9. The van der Waals surface area contributed by atoms with Crippen LogP contribution in [0.4, 0.5) is 18.9 Å². The Morgan fingerprint density at radius 3 is 2.78 bits per heavy atom. The molecular formula is C14H15F3N4O2. The van der Waals surface area contributed by atoms with Crippen LogP contribution in [0.1, 0.15) is 36.8 Å². The first-order valence-electron chi connectivity index (χ1n) is 7.06. The summed E-state index contributed by atoms with van der Waals surface area (Å²) in [6, 6.07) is 2.80. The number of halogens is 3. The normalized spacial score (nSPS) is 16.0. The Kier molecular flexibility index (Phi) is 5.30. The summed E-state index contributed by atoms with van der Waals surface area (Å²) < 4.78 is 39.0. The first-order valence-corrected chi connectivity index (χ1v) is 7.06. The minimum absolute atomic E-state index is 0.575. The summed E-state index contributed by atoms with van der Waals surface area (Å²) in [5, 5.41) is 14.7. The number of nitrogens with one attached hydrogen (secondary N) is 1. The lowest BCUT2D eigenvalue weighted by Gasteiger charge is -2.10. The number of nitro groups is 1. The molecule has 1 aliphatic rings. The summed E-state index contributed by atoms with van der Waals surface area (Å²) in [7, 11) is 0. The van der Waals surface area contributed by atoms with Crippen molar-refractivity contribution in [2.45, 2.75) is 31.9 Å². The second-order valence-corrected chi connectivity index (χ2v) is 5.00. The van der Waals surface area contributed by atoms with Gasteiger partial charge in [-0.05, 0) is 18.9 Å². The molecule has 0 radical (unpaired) electrons. The fourth-order valence-electron chi connectivity index (χ4n) is 2.23. The molecule has 0 atom stereocenters. The van der Waals surface area contributed by atoms with Gasteiger partial charge in [0.2, 0.25) is 0 Å². The Balaban J connectivity index is 2.28. The first kappa shape index (κ1) is 16.9. The number of nitro benzene ring substituents is 1. The van der Waals surface area contributed by atoms with Crippen LogP contribution in [-0.4, -0.2) is 23.5 Å². The number of rotatable bonds is 3. The Hall–Kier alpha value is -2.45. The molecule has 0 saturated carbocycles. The Bertz CT molecular complexity index is 641. The van der Waals surface area contributed by atoms with Crippen LogP contribution in [0.3, 0.4) is 0 Å². The van der Waals surface area contributed by atoms with Crippen LogP contribution in [0.5, 0.6) is 0 Å². The lowest BCUT2D eigenvalue weighted by molar-refractivity contribution is -0.385. The number of alkyl halides is 3. The van der Waals surface area contributed by atoms with Crippen molar-refractivity contribution in [1.29, 1.82) is 0 Å². The summed E-state index contributed by atoms with van der Waals surface area (Å²) in [6.45, 7) is 0.636. The van der Waals surface area contributed by atoms with Gasteiger partial charge in [-0.3, -0.25) is 20.5 Å². The second kappa shape index (κ2) is 7.21. The van der Waals surface area contributed by atoms with Crippen LogP contribution < -0.4 is 5.43 Å². The monoisotopic (exact) mass is 328 g/mol. The van der Waals surface area contributed by atoms with Gasteiger partial charge < -0.3 is 0 Å². The Labute approximate surface area is 130 Å². The third-order valence-corrected chi connectivity index (χ3v) is 3.35. The van der Waals surface area contributed by atoms with Crippen LogP contribution in [0, 0.1) is 10.1 Å². The van der Waals surface area contributed by atoms with E-state index in [0.717, 1.165) is 43.7 Å². The molecule has 0 unspecified atom stereocenters. The van der Waals surface area contributed by atoms with Crippen molar-refractivity contribution in [2.24, 2.45) is 10.1 Å². The third-order valence-electron chi connectivity index (χ3n) is 3.35. The first-order chi connectivity index (χ1) is 10.9. The number of hydrazone groups is 1. The van der Waals surface area contributed by atoms with E-state index in [4.69, 9.17) is 0 Å². The van der Waals surface area contributed by atoms with E-state index in [0.29, 0.717) is 18.8 Å². The van der Waals surface area contributed by atoms with Crippen molar-refractivity contribution >= 4 is 17.7 Å². The van der Waals surface area contributed by atoms with E-state index in [1.807, 2.05) is 0 Å². The van der Waals surface area contributed by atoms with Crippen molar-refractivity contribution in [1.82, 2.24) is 5.43 Å². The number of nitrogens with zero attached hydrogens (tertiary/aromatic N) is 3. The van der Waals surface area contributed by atoms with Crippen molar-refractivity contribution in [3.63, 3.8) is 0 Å². The SMILES string of the molecule is O=[N+]([O-])c1cccc(C(F)(F)F)c1/C=N\NC1=NCCCCC1. The van der Waals surface area contributed by atoms with Crippen LogP contribution in [0.2, 0.25) is 0 Å². The average Bonchev–Trinajstić information content (AvgIpc) is 2.75. The van der Waals surface area contributed by atoms with E-state index in [9.17, 15) is 23.3 Å². The van der Waals surface area contributed by atoms with Crippen LogP contribution in [0.25, 0.3) is 0 Å². The van der Waals surface area contributed by atoms with Crippen molar-refractivity contribution in [2.75, 3.05) is 6.54 Å². The molecule has 1 aliphatic heterocycles. The maximum atomic E-state index is 13.0. The predicted molar refractivity (Wildman–Crippen MR) is 79.6 cm³/mol. The fraction of sp³-hybridized carbons (Fsp3) is 0.429. The Morgan fingerprint density at radius 2 is 2.09 bits per heavy atom. The molecule has 0 aliphatic carbocycles.